The Morgan fingerprint density at radius 1 is 1.21 bits per heavy atom. The molecule has 0 spiro atoms. The lowest BCUT2D eigenvalue weighted by Gasteiger charge is -2.13. The molecule has 14 heavy (non-hydrogen) atoms. The average molecular weight is 199 g/mol. The van der Waals surface area contributed by atoms with Crippen molar-refractivity contribution in [3.8, 4) is 0 Å². The van der Waals surface area contributed by atoms with E-state index in [1.807, 2.05) is 38.1 Å². The van der Waals surface area contributed by atoms with Gasteiger partial charge in [0.05, 0.1) is 6.54 Å². The highest BCUT2D eigenvalue weighted by Crippen LogP contribution is 2.12. The Morgan fingerprint density at radius 2 is 1.79 bits per heavy atom. The van der Waals surface area contributed by atoms with Gasteiger partial charge in [0.15, 0.2) is 0 Å². The maximum Gasteiger partial charge on any atom is 0.250 e. The Bertz CT molecular complexity index is 269. The van der Waals surface area contributed by atoms with Crippen molar-refractivity contribution in [2.45, 2.75) is 26.3 Å². The predicted molar refractivity (Wildman–Crippen MR) is 53.6 cm³/mol. The van der Waals surface area contributed by atoms with Crippen LogP contribution in [-0.2, 0) is 0 Å². The molecule has 0 aliphatic rings. The van der Waals surface area contributed by atoms with Gasteiger partial charge in [-0.05, 0) is 19.4 Å². The number of alkyl halides is 2. The Morgan fingerprint density at radius 3 is 2.29 bits per heavy atom. The monoisotopic (exact) mass is 199 g/mol. The van der Waals surface area contributed by atoms with Gasteiger partial charge in [0.1, 0.15) is 0 Å². The largest absolute Gasteiger partial charge is 0.305 e. The van der Waals surface area contributed by atoms with Crippen molar-refractivity contribution in [2.24, 2.45) is 0 Å². The van der Waals surface area contributed by atoms with Gasteiger partial charge in [0, 0.05) is 6.04 Å². The van der Waals surface area contributed by atoms with Crippen molar-refractivity contribution in [2.75, 3.05) is 6.54 Å². The molecule has 3 heteroatoms. The average Bonchev–Trinajstić information content (AvgIpc) is 2.15. The van der Waals surface area contributed by atoms with Gasteiger partial charge in [-0.15, -0.1) is 0 Å². The fraction of sp³-hybridized carbons (Fsp3) is 0.455. The molecule has 1 atom stereocenters. The minimum atomic E-state index is -2.29. The lowest BCUT2D eigenvalue weighted by molar-refractivity contribution is 0.142. The number of halogens is 2. The Kier molecular flexibility index (Phi) is 4.01. The topological polar surface area (TPSA) is 12.0 Å². The molecule has 0 aliphatic carbocycles. The molecule has 0 radical (unpaired) electrons. The van der Waals surface area contributed by atoms with E-state index in [0.29, 0.717) is 0 Å². The first-order valence-electron chi connectivity index (χ1n) is 4.67. The van der Waals surface area contributed by atoms with E-state index < -0.39 is 6.43 Å². The SMILES string of the molecule is Cc1ccc([C@H](C)NCC(F)F)cc1. The molecule has 0 aliphatic heterocycles. The molecule has 1 N–H and O–H groups in total. The Labute approximate surface area is 83.1 Å². The van der Waals surface area contributed by atoms with Crippen molar-refractivity contribution >= 4 is 0 Å². The molecule has 1 aromatic rings. The van der Waals surface area contributed by atoms with Crippen LogP contribution in [0.2, 0.25) is 0 Å². The van der Waals surface area contributed by atoms with Gasteiger partial charge in [0.25, 0.3) is 6.43 Å². The highest BCUT2D eigenvalue weighted by atomic mass is 19.3. The first-order chi connectivity index (χ1) is 6.59. The third-order valence-electron chi connectivity index (χ3n) is 2.16. The number of hydrogen-bond donors (Lipinski definition) is 1. The van der Waals surface area contributed by atoms with Gasteiger partial charge < -0.3 is 5.32 Å². The lowest BCUT2D eigenvalue weighted by Crippen LogP contribution is -2.24. The molecule has 0 unspecified atom stereocenters. The summed E-state index contributed by atoms with van der Waals surface area (Å²) in [6.45, 7) is 3.63. The van der Waals surface area contributed by atoms with E-state index in [1.165, 1.54) is 5.56 Å². The van der Waals surface area contributed by atoms with Gasteiger partial charge >= 0.3 is 0 Å². The van der Waals surface area contributed by atoms with Crippen LogP contribution >= 0.6 is 0 Å². The van der Waals surface area contributed by atoms with E-state index in [0.717, 1.165) is 5.56 Å². The fourth-order valence-corrected chi connectivity index (χ4v) is 1.24. The first kappa shape index (κ1) is 11.1. The normalized spacial score (nSPS) is 13.2. The zero-order chi connectivity index (χ0) is 10.6. The molecule has 0 saturated carbocycles. The van der Waals surface area contributed by atoms with Crippen LogP contribution in [0.3, 0.4) is 0 Å². The summed E-state index contributed by atoms with van der Waals surface area (Å²) in [7, 11) is 0. The quantitative estimate of drug-likeness (QED) is 0.786. The second-order valence-electron chi connectivity index (χ2n) is 3.43. The maximum absolute atomic E-state index is 11.9. The van der Waals surface area contributed by atoms with Gasteiger partial charge in [-0.1, -0.05) is 29.8 Å². The smallest absolute Gasteiger partial charge is 0.250 e. The molecular weight excluding hydrogens is 184 g/mol. The van der Waals surface area contributed by atoms with Crippen molar-refractivity contribution in [1.29, 1.82) is 0 Å². The molecule has 78 valence electrons. The molecule has 0 amide bonds. The molecule has 0 fully saturated rings. The van der Waals surface area contributed by atoms with Crippen molar-refractivity contribution < 1.29 is 8.78 Å². The van der Waals surface area contributed by atoms with Crippen LogP contribution < -0.4 is 5.32 Å². The molecule has 0 bridgehead atoms. The number of benzene rings is 1. The van der Waals surface area contributed by atoms with Crippen LogP contribution in [0.15, 0.2) is 24.3 Å². The van der Waals surface area contributed by atoms with E-state index in [-0.39, 0.29) is 12.6 Å². The highest BCUT2D eigenvalue weighted by molar-refractivity contribution is 5.23. The molecule has 0 heterocycles. The van der Waals surface area contributed by atoms with E-state index in [9.17, 15) is 8.78 Å². The van der Waals surface area contributed by atoms with Gasteiger partial charge in [-0.3, -0.25) is 0 Å². The van der Waals surface area contributed by atoms with Crippen LogP contribution in [-0.4, -0.2) is 13.0 Å². The van der Waals surface area contributed by atoms with Gasteiger partial charge in [-0.25, -0.2) is 8.78 Å². The summed E-state index contributed by atoms with van der Waals surface area (Å²) in [6.07, 6.45) is -2.29. The molecule has 1 nitrogen and oxygen atoms in total. The van der Waals surface area contributed by atoms with Crippen molar-refractivity contribution in [1.82, 2.24) is 5.32 Å². The highest BCUT2D eigenvalue weighted by Gasteiger charge is 2.07. The number of hydrogen-bond acceptors (Lipinski definition) is 1. The van der Waals surface area contributed by atoms with Crippen LogP contribution in [0.5, 0.6) is 0 Å². The van der Waals surface area contributed by atoms with Crippen LogP contribution in [0.1, 0.15) is 24.1 Å². The van der Waals surface area contributed by atoms with Crippen LogP contribution in [0.4, 0.5) is 8.78 Å². The maximum atomic E-state index is 11.9. The second-order valence-corrected chi connectivity index (χ2v) is 3.43. The standard InChI is InChI=1S/C11H15F2N/c1-8-3-5-10(6-4-8)9(2)14-7-11(12)13/h3-6,9,11,14H,7H2,1-2H3/t9-/m0/s1. The Balaban J connectivity index is 2.52. The zero-order valence-electron chi connectivity index (χ0n) is 8.43. The summed E-state index contributed by atoms with van der Waals surface area (Å²) in [5.74, 6) is 0. The van der Waals surface area contributed by atoms with Crippen molar-refractivity contribution in [3.05, 3.63) is 35.4 Å². The molecule has 0 aromatic heterocycles. The summed E-state index contributed by atoms with van der Waals surface area (Å²) >= 11 is 0. The van der Waals surface area contributed by atoms with E-state index >= 15 is 0 Å². The number of rotatable bonds is 4. The minimum absolute atomic E-state index is 0.0235. The summed E-state index contributed by atoms with van der Waals surface area (Å²) in [5, 5.41) is 2.77. The molecule has 0 saturated heterocycles. The van der Waals surface area contributed by atoms with Crippen molar-refractivity contribution in [3.63, 3.8) is 0 Å². The third-order valence-corrected chi connectivity index (χ3v) is 2.16. The van der Waals surface area contributed by atoms with Crippen LogP contribution in [0.25, 0.3) is 0 Å². The van der Waals surface area contributed by atoms with Gasteiger partial charge in [-0.2, -0.15) is 0 Å². The molecule has 1 aromatic carbocycles. The molecular formula is C11H15F2N. The van der Waals surface area contributed by atoms with E-state index in [1.54, 1.807) is 0 Å². The fourth-order valence-electron chi connectivity index (χ4n) is 1.24. The van der Waals surface area contributed by atoms with E-state index in [4.69, 9.17) is 0 Å². The summed E-state index contributed by atoms with van der Waals surface area (Å²) < 4.78 is 23.8. The van der Waals surface area contributed by atoms with E-state index in [2.05, 4.69) is 5.32 Å². The Hall–Kier alpha value is -0.960. The third kappa shape index (κ3) is 3.42. The molecule has 1 rings (SSSR count). The summed E-state index contributed by atoms with van der Waals surface area (Å²) in [4.78, 5) is 0. The number of aryl methyl sites for hydroxylation is 1. The van der Waals surface area contributed by atoms with Gasteiger partial charge in [0.2, 0.25) is 0 Å². The second kappa shape index (κ2) is 5.05. The lowest BCUT2D eigenvalue weighted by atomic mass is 10.1. The number of nitrogens with one attached hydrogen (secondary N) is 1. The van der Waals surface area contributed by atoms with Crippen LogP contribution in [0, 0.1) is 6.92 Å². The zero-order valence-corrected chi connectivity index (χ0v) is 8.43. The minimum Gasteiger partial charge on any atom is -0.305 e. The predicted octanol–water partition coefficient (Wildman–Crippen LogP) is 2.91. The first-order valence-corrected chi connectivity index (χ1v) is 4.67. The summed E-state index contributed by atoms with van der Waals surface area (Å²) in [6, 6.07) is 7.85. The summed E-state index contributed by atoms with van der Waals surface area (Å²) in [5.41, 5.74) is 2.21.